The molecule has 0 aliphatic heterocycles. The molecule has 2 N–H and O–H groups in total. The van der Waals surface area contributed by atoms with Crippen molar-refractivity contribution in [2.75, 3.05) is 18.5 Å². The summed E-state index contributed by atoms with van der Waals surface area (Å²) in [5.74, 6) is -1.04. The van der Waals surface area contributed by atoms with Crippen LogP contribution in [0.4, 0.5) is 5.69 Å². The van der Waals surface area contributed by atoms with Gasteiger partial charge >= 0.3 is 5.97 Å². The van der Waals surface area contributed by atoms with Crippen LogP contribution in [0.3, 0.4) is 0 Å². The molecule has 25 heavy (non-hydrogen) atoms. The number of hydrogen-bond donors (Lipinski definition) is 2. The lowest BCUT2D eigenvalue weighted by Crippen LogP contribution is -2.31. The van der Waals surface area contributed by atoms with E-state index in [9.17, 15) is 14.4 Å². The number of thiophene rings is 1. The normalized spacial score (nSPS) is 10.4. The first-order chi connectivity index (χ1) is 12.0. The standard InChI is InChI=1S/C18H20N2O4S/c1-12(2)13-5-7-14(8-6-13)20-16(21)11-24-17(22)10-19-18(23)15-4-3-9-25-15/h3-9,12H,10-11H2,1-2H3,(H,19,23)(H,20,21). The Labute approximate surface area is 150 Å². The van der Waals surface area contributed by atoms with Gasteiger partial charge in [-0.25, -0.2) is 0 Å². The van der Waals surface area contributed by atoms with Crippen molar-refractivity contribution in [3.05, 3.63) is 52.2 Å². The molecule has 7 heteroatoms. The fourth-order valence-corrected chi connectivity index (χ4v) is 2.63. The minimum atomic E-state index is -0.671. The summed E-state index contributed by atoms with van der Waals surface area (Å²) in [5.41, 5.74) is 1.81. The van der Waals surface area contributed by atoms with Crippen molar-refractivity contribution in [1.82, 2.24) is 5.32 Å². The molecule has 0 aliphatic carbocycles. The Morgan fingerprint density at radius 3 is 2.44 bits per heavy atom. The van der Waals surface area contributed by atoms with Gasteiger partial charge in [-0.1, -0.05) is 32.0 Å². The Morgan fingerprint density at radius 1 is 1.12 bits per heavy atom. The van der Waals surface area contributed by atoms with Crippen molar-refractivity contribution in [3.63, 3.8) is 0 Å². The average molecular weight is 360 g/mol. The fourth-order valence-electron chi connectivity index (χ4n) is 1.99. The number of carbonyl (C=O) groups excluding carboxylic acids is 3. The number of ether oxygens (including phenoxy) is 1. The van der Waals surface area contributed by atoms with Crippen molar-refractivity contribution >= 4 is 34.8 Å². The number of esters is 1. The van der Waals surface area contributed by atoms with E-state index in [0.29, 0.717) is 16.5 Å². The zero-order chi connectivity index (χ0) is 18.2. The van der Waals surface area contributed by atoms with Crippen LogP contribution in [0.2, 0.25) is 0 Å². The second-order valence-electron chi connectivity index (χ2n) is 5.65. The zero-order valence-electron chi connectivity index (χ0n) is 14.1. The van der Waals surface area contributed by atoms with Crippen molar-refractivity contribution in [2.45, 2.75) is 19.8 Å². The number of hydrogen-bond acceptors (Lipinski definition) is 5. The molecule has 0 radical (unpaired) electrons. The van der Waals surface area contributed by atoms with E-state index >= 15 is 0 Å². The van der Waals surface area contributed by atoms with E-state index in [0.717, 1.165) is 0 Å². The van der Waals surface area contributed by atoms with Gasteiger partial charge in [0.2, 0.25) is 0 Å². The van der Waals surface area contributed by atoms with Gasteiger partial charge in [0.05, 0.1) is 4.88 Å². The van der Waals surface area contributed by atoms with Crippen LogP contribution in [0.1, 0.15) is 35.0 Å². The molecule has 0 fully saturated rings. The third-order valence-electron chi connectivity index (χ3n) is 3.36. The first kappa shape index (κ1) is 18.7. The summed E-state index contributed by atoms with van der Waals surface area (Å²) >= 11 is 1.28. The van der Waals surface area contributed by atoms with E-state index in [1.54, 1.807) is 29.6 Å². The number of benzene rings is 1. The fraction of sp³-hybridized carbons (Fsp3) is 0.278. The molecule has 0 atom stereocenters. The molecule has 0 saturated heterocycles. The van der Waals surface area contributed by atoms with Crippen LogP contribution < -0.4 is 10.6 Å². The van der Waals surface area contributed by atoms with Crippen molar-refractivity contribution in [1.29, 1.82) is 0 Å². The second-order valence-corrected chi connectivity index (χ2v) is 6.59. The van der Waals surface area contributed by atoms with Gasteiger partial charge in [-0.3, -0.25) is 14.4 Å². The van der Waals surface area contributed by atoms with Crippen LogP contribution >= 0.6 is 11.3 Å². The third kappa shape index (κ3) is 6.04. The monoisotopic (exact) mass is 360 g/mol. The molecule has 1 aromatic carbocycles. The lowest BCUT2D eigenvalue weighted by molar-refractivity contribution is -0.146. The molecule has 2 aromatic rings. The Hall–Kier alpha value is -2.67. The molecule has 1 aromatic heterocycles. The van der Waals surface area contributed by atoms with E-state index in [1.165, 1.54) is 16.9 Å². The molecule has 2 amide bonds. The number of anilines is 1. The highest BCUT2D eigenvalue weighted by Crippen LogP contribution is 2.17. The molecule has 0 aliphatic rings. The summed E-state index contributed by atoms with van der Waals surface area (Å²) in [5, 5.41) is 6.86. The van der Waals surface area contributed by atoms with Crippen LogP contribution in [0.5, 0.6) is 0 Å². The number of amides is 2. The Morgan fingerprint density at radius 2 is 1.84 bits per heavy atom. The van der Waals surface area contributed by atoms with Crippen LogP contribution in [-0.2, 0) is 14.3 Å². The van der Waals surface area contributed by atoms with Crippen molar-refractivity contribution in [3.8, 4) is 0 Å². The van der Waals surface area contributed by atoms with Crippen molar-refractivity contribution in [2.24, 2.45) is 0 Å². The molecule has 132 valence electrons. The van der Waals surface area contributed by atoms with Gasteiger partial charge in [0, 0.05) is 5.69 Å². The Balaban J connectivity index is 1.70. The third-order valence-corrected chi connectivity index (χ3v) is 4.23. The topological polar surface area (TPSA) is 84.5 Å². The van der Waals surface area contributed by atoms with E-state index in [-0.39, 0.29) is 12.5 Å². The number of nitrogens with one attached hydrogen (secondary N) is 2. The van der Waals surface area contributed by atoms with Gasteiger partial charge in [0.15, 0.2) is 6.61 Å². The van der Waals surface area contributed by atoms with Gasteiger partial charge in [-0.05, 0) is 35.1 Å². The lowest BCUT2D eigenvalue weighted by Gasteiger charge is -2.09. The van der Waals surface area contributed by atoms with Crippen LogP contribution in [-0.4, -0.2) is 30.9 Å². The molecule has 0 spiro atoms. The maximum Gasteiger partial charge on any atom is 0.325 e. The molecule has 0 unspecified atom stereocenters. The predicted molar refractivity (Wildman–Crippen MR) is 96.8 cm³/mol. The molecule has 2 rings (SSSR count). The summed E-state index contributed by atoms with van der Waals surface area (Å²) in [6.07, 6.45) is 0. The number of rotatable bonds is 7. The first-order valence-corrected chi connectivity index (χ1v) is 8.71. The van der Waals surface area contributed by atoms with E-state index in [1.807, 2.05) is 12.1 Å². The minimum Gasteiger partial charge on any atom is -0.454 e. The summed E-state index contributed by atoms with van der Waals surface area (Å²) < 4.78 is 4.84. The van der Waals surface area contributed by atoms with Gasteiger partial charge in [0.1, 0.15) is 6.54 Å². The quantitative estimate of drug-likeness (QED) is 0.744. The summed E-state index contributed by atoms with van der Waals surface area (Å²) in [7, 11) is 0. The van der Waals surface area contributed by atoms with Crippen LogP contribution in [0, 0.1) is 0 Å². The van der Waals surface area contributed by atoms with Crippen LogP contribution in [0.15, 0.2) is 41.8 Å². The first-order valence-electron chi connectivity index (χ1n) is 7.83. The van der Waals surface area contributed by atoms with Gasteiger partial charge in [-0.2, -0.15) is 0 Å². The van der Waals surface area contributed by atoms with E-state index in [4.69, 9.17) is 4.74 Å². The van der Waals surface area contributed by atoms with Crippen LogP contribution in [0.25, 0.3) is 0 Å². The second kappa shape index (κ2) is 8.98. The molecule has 0 saturated carbocycles. The van der Waals surface area contributed by atoms with E-state index < -0.39 is 18.5 Å². The van der Waals surface area contributed by atoms with Gasteiger partial charge < -0.3 is 15.4 Å². The maximum absolute atomic E-state index is 11.8. The van der Waals surface area contributed by atoms with Gasteiger partial charge in [0.25, 0.3) is 11.8 Å². The lowest BCUT2D eigenvalue weighted by atomic mass is 10.0. The van der Waals surface area contributed by atoms with Gasteiger partial charge in [-0.15, -0.1) is 11.3 Å². The Kier molecular flexibility index (Phi) is 6.71. The highest BCUT2D eigenvalue weighted by Gasteiger charge is 2.11. The molecule has 0 bridgehead atoms. The summed E-state index contributed by atoms with van der Waals surface area (Å²) in [6, 6.07) is 10.9. The van der Waals surface area contributed by atoms with E-state index in [2.05, 4.69) is 24.5 Å². The summed E-state index contributed by atoms with van der Waals surface area (Å²) in [4.78, 5) is 35.6. The molecular formula is C18H20N2O4S. The molecular weight excluding hydrogens is 340 g/mol. The number of carbonyl (C=O) groups is 3. The Bertz CT molecular complexity index is 724. The SMILES string of the molecule is CC(C)c1ccc(NC(=O)COC(=O)CNC(=O)c2cccs2)cc1. The predicted octanol–water partition coefficient (Wildman–Crippen LogP) is 2.78. The minimum absolute atomic E-state index is 0.285. The molecule has 6 nitrogen and oxygen atoms in total. The maximum atomic E-state index is 11.8. The summed E-state index contributed by atoms with van der Waals surface area (Å²) in [6.45, 7) is 3.49. The molecule has 1 heterocycles. The largest absolute Gasteiger partial charge is 0.454 e. The smallest absolute Gasteiger partial charge is 0.325 e. The highest BCUT2D eigenvalue weighted by atomic mass is 32.1. The average Bonchev–Trinajstić information content (AvgIpc) is 3.13. The zero-order valence-corrected chi connectivity index (χ0v) is 14.9. The highest BCUT2D eigenvalue weighted by molar-refractivity contribution is 7.12. The van der Waals surface area contributed by atoms with Crippen molar-refractivity contribution < 1.29 is 19.1 Å².